The Balaban J connectivity index is 2.51. The number of carbonyl (C=O) groups is 2. The molecule has 2 rings (SSSR count). The Morgan fingerprint density at radius 1 is 1.64 bits per heavy atom. The van der Waals surface area contributed by atoms with Crippen LogP contribution < -0.4 is 5.32 Å². The molecule has 0 amide bonds. The van der Waals surface area contributed by atoms with Gasteiger partial charge in [0.05, 0.1) is 12.2 Å². The van der Waals surface area contributed by atoms with Gasteiger partial charge in [-0.15, -0.1) is 0 Å². The summed E-state index contributed by atoms with van der Waals surface area (Å²) < 4.78 is 0.633. The molecular weight excluding hydrogens is 268 g/mol. The van der Waals surface area contributed by atoms with Crippen LogP contribution in [0.25, 0.3) is 0 Å². The summed E-state index contributed by atoms with van der Waals surface area (Å²) in [5.74, 6) is 0. The largest absolute Gasteiger partial charge is 0.375 e. The predicted octanol–water partition coefficient (Wildman–Crippen LogP) is 1.70. The van der Waals surface area contributed by atoms with E-state index in [1.807, 2.05) is 0 Å². The van der Waals surface area contributed by atoms with Crippen LogP contribution >= 0.6 is 27.7 Å². The minimum atomic E-state index is 0.00386. The molecule has 1 N–H and O–H groups in total. The summed E-state index contributed by atoms with van der Waals surface area (Å²) in [4.78, 5) is 25.7. The van der Waals surface area contributed by atoms with Gasteiger partial charge in [0, 0.05) is 4.47 Å². The number of rotatable bonds is 1. The van der Waals surface area contributed by atoms with Gasteiger partial charge in [-0.1, -0.05) is 0 Å². The van der Waals surface area contributed by atoms with Crippen LogP contribution in [0.15, 0.2) is 15.6 Å². The summed E-state index contributed by atoms with van der Waals surface area (Å²) in [6.07, 6.45) is 0.657. The zero-order valence-electron chi connectivity index (χ0n) is 6.91. The standard InChI is InChI=1S/C8H5BrN2O2S/c9-4-1-5-8(11-6(4)3-12)14-7(13)2-10-5/h1,3,10H,2H2. The van der Waals surface area contributed by atoms with Crippen LogP contribution in [0.3, 0.4) is 0 Å². The Hall–Kier alpha value is -0.880. The van der Waals surface area contributed by atoms with Gasteiger partial charge in [0.25, 0.3) is 0 Å². The molecule has 0 saturated heterocycles. The first-order chi connectivity index (χ1) is 6.70. The van der Waals surface area contributed by atoms with Crippen LogP contribution in [0, 0.1) is 0 Å². The molecule has 0 bridgehead atoms. The van der Waals surface area contributed by atoms with Crippen molar-refractivity contribution in [2.45, 2.75) is 5.03 Å². The molecule has 6 heteroatoms. The van der Waals surface area contributed by atoms with E-state index >= 15 is 0 Å². The van der Waals surface area contributed by atoms with Crippen LogP contribution in [-0.2, 0) is 4.79 Å². The highest BCUT2D eigenvalue weighted by Gasteiger charge is 2.19. The fraction of sp³-hybridized carbons (Fsp3) is 0.125. The topological polar surface area (TPSA) is 59.1 Å². The maximum atomic E-state index is 11.1. The van der Waals surface area contributed by atoms with Gasteiger partial charge < -0.3 is 5.32 Å². The second-order valence-electron chi connectivity index (χ2n) is 2.65. The van der Waals surface area contributed by atoms with E-state index in [1.54, 1.807) is 6.07 Å². The van der Waals surface area contributed by atoms with Crippen molar-refractivity contribution in [3.63, 3.8) is 0 Å². The molecule has 0 fully saturated rings. The Bertz CT molecular complexity index is 422. The highest BCUT2D eigenvalue weighted by Crippen LogP contribution is 2.32. The van der Waals surface area contributed by atoms with Crippen molar-refractivity contribution in [2.75, 3.05) is 11.9 Å². The summed E-state index contributed by atoms with van der Waals surface area (Å²) in [7, 11) is 0. The van der Waals surface area contributed by atoms with Gasteiger partial charge in [0.15, 0.2) is 6.29 Å². The third-order valence-corrected chi connectivity index (χ3v) is 3.23. The summed E-state index contributed by atoms with van der Waals surface area (Å²) in [5, 5.41) is 3.49. The van der Waals surface area contributed by atoms with Gasteiger partial charge in [0.1, 0.15) is 10.7 Å². The third kappa shape index (κ3) is 1.67. The zero-order chi connectivity index (χ0) is 10.1. The number of nitrogens with one attached hydrogen (secondary N) is 1. The van der Waals surface area contributed by atoms with Crippen molar-refractivity contribution >= 4 is 44.8 Å². The maximum absolute atomic E-state index is 11.1. The molecule has 1 aromatic rings. The van der Waals surface area contributed by atoms with E-state index in [-0.39, 0.29) is 5.12 Å². The first kappa shape index (κ1) is 9.67. The Morgan fingerprint density at radius 2 is 2.43 bits per heavy atom. The van der Waals surface area contributed by atoms with E-state index in [4.69, 9.17) is 0 Å². The van der Waals surface area contributed by atoms with E-state index in [9.17, 15) is 9.59 Å². The van der Waals surface area contributed by atoms with Crippen molar-refractivity contribution in [2.24, 2.45) is 0 Å². The predicted molar refractivity (Wildman–Crippen MR) is 56.7 cm³/mol. The number of nitrogens with zero attached hydrogens (tertiary/aromatic N) is 1. The highest BCUT2D eigenvalue weighted by atomic mass is 79.9. The molecule has 4 nitrogen and oxygen atoms in total. The number of carbonyl (C=O) groups excluding carboxylic acids is 2. The quantitative estimate of drug-likeness (QED) is 0.789. The van der Waals surface area contributed by atoms with Gasteiger partial charge >= 0.3 is 0 Å². The Kier molecular flexibility index (Phi) is 2.56. The molecule has 0 spiro atoms. The zero-order valence-corrected chi connectivity index (χ0v) is 9.31. The van der Waals surface area contributed by atoms with E-state index in [0.717, 1.165) is 17.4 Å². The number of hydrogen-bond acceptors (Lipinski definition) is 5. The van der Waals surface area contributed by atoms with Crippen LogP contribution in [0.2, 0.25) is 0 Å². The summed E-state index contributed by atoms with van der Waals surface area (Å²) in [5.41, 5.74) is 1.10. The van der Waals surface area contributed by atoms with Crippen molar-refractivity contribution in [3.8, 4) is 0 Å². The van der Waals surface area contributed by atoms with Crippen molar-refractivity contribution < 1.29 is 9.59 Å². The molecule has 1 aliphatic rings. The highest BCUT2D eigenvalue weighted by molar-refractivity contribution is 9.10. The number of halogens is 1. The van der Waals surface area contributed by atoms with E-state index in [2.05, 4.69) is 26.2 Å². The second-order valence-corrected chi connectivity index (χ2v) is 4.55. The molecule has 72 valence electrons. The second kappa shape index (κ2) is 3.70. The van der Waals surface area contributed by atoms with Crippen LogP contribution in [0.5, 0.6) is 0 Å². The molecule has 1 aromatic heterocycles. The Labute approximate surface area is 92.6 Å². The normalized spacial score (nSPS) is 14.5. The molecule has 0 unspecified atom stereocenters. The lowest BCUT2D eigenvalue weighted by molar-refractivity contribution is -0.109. The summed E-state index contributed by atoms with van der Waals surface area (Å²) in [6, 6.07) is 1.76. The number of aromatic nitrogens is 1. The third-order valence-electron chi connectivity index (χ3n) is 1.71. The lowest BCUT2D eigenvalue weighted by atomic mass is 10.3. The molecule has 0 radical (unpaired) electrons. The number of hydrogen-bond donors (Lipinski definition) is 1. The number of pyridine rings is 1. The lowest BCUT2D eigenvalue weighted by Crippen LogP contribution is -2.17. The van der Waals surface area contributed by atoms with Crippen LogP contribution in [0.4, 0.5) is 5.69 Å². The molecular formula is C8H5BrN2O2S. The Morgan fingerprint density at radius 3 is 3.14 bits per heavy atom. The molecule has 0 aliphatic carbocycles. The first-order valence-corrected chi connectivity index (χ1v) is 5.42. The first-order valence-electron chi connectivity index (χ1n) is 3.81. The molecule has 2 heterocycles. The van der Waals surface area contributed by atoms with Crippen molar-refractivity contribution in [3.05, 3.63) is 16.2 Å². The van der Waals surface area contributed by atoms with E-state index in [1.165, 1.54) is 0 Å². The number of aldehydes is 1. The monoisotopic (exact) mass is 272 g/mol. The van der Waals surface area contributed by atoms with Crippen molar-refractivity contribution in [1.29, 1.82) is 0 Å². The lowest BCUT2D eigenvalue weighted by Gasteiger charge is -2.15. The van der Waals surface area contributed by atoms with Gasteiger partial charge in [-0.2, -0.15) is 0 Å². The summed E-state index contributed by atoms with van der Waals surface area (Å²) in [6.45, 7) is 0.298. The van der Waals surface area contributed by atoms with Gasteiger partial charge in [-0.3, -0.25) is 9.59 Å². The van der Waals surface area contributed by atoms with Gasteiger partial charge in [0.2, 0.25) is 5.12 Å². The fourth-order valence-corrected chi connectivity index (χ4v) is 2.24. The van der Waals surface area contributed by atoms with Gasteiger partial charge in [-0.25, -0.2) is 4.98 Å². The number of thioether (sulfide) groups is 1. The maximum Gasteiger partial charge on any atom is 0.214 e. The molecule has 1 aliphatic heterocycles. The number of anilines is 1. The minimum absolute atomic E-state index is 0.00386. The average Bonchev–Trinajstić information content (AvgIpc) is 2.17. The van der Waals surface area contributed by atoms with Crippen LogP contribution in [0.1, 0.15) is 10.5 Å². The molecule has 0 aromatic carbocycles. The minimum Gasteiger partial charge on any atom is -0.375 e. The molecule has 0 saturated carbocycles. The molecule has 14 heavy (non-hydrogen) atoms. The van der Waals surface area contributed by atoms with Crippen LogP contribution in [-0.4, -0.2) is 22.9 Å². The summed E-state index contributed by atoms with van der Waals surface area (Å²) >= 11 is 4.28. The smallest absolute Gasteiger partial charge is 0.214 e. The van der Waals surface area contributed by atoms with Gasteiger partial charge in [-0.05, 0) is 33.8 Å². The van der Waals surface area contributed by atoms with Crippen molar-refractivity contribution in [1.82, 2.24) is 4.98 Å². The number of fused-ring (bicyclic) bond motifs is 1. The SMILES string of the molecule is O=Cc1nc2c(cc1Br)NCC(=O)S2. The van der Waals surface area contributed by atoms with E-state index < -0.39 is 0 Å². The molecule has 0 atom stereocenters. The van der Waals surface area contributed by atoms with E-state index in [0.29, 0.717) is 28.0 Å². The average molecular weight is 273 g/mol. The fourth-order valence-electron chi connectivity index (χ4n) is 1.08.